The fraction of sp³-hybridized carbons (Fsp3) is 0.714. The number of hydrogen-bond donors (Lipinski definition) is 1. The largest absolute Gasteiger partial charge is 0.356 e. The third kappa shape index (κ3) is 9.63. The van der Waals surface area contributed by atoms with Gasteiger partial charge >= 0.3 is 0 Å². The first kappa shape index (κ1) is 23.7. The molecule has 2 rings (SSSR count). The molecular formula is C21H36O2S3Si. The van der Waals surface area contributed by atoms with Crippen LogP contribution in [0.25, 0.3) is 0 Å². The smallest absolute Gasteiger partial charge is 0.147 e. The summed E-state index contributed by atoms with van der Waals surface area (Å²) in [5, 5.41) is 0. The molecule has 0 spiro atoms. The fourth-order valence-corrected chi connectivity index (χ4v) is 7.50. The molecule has 0 saturated carbocycles. The lowest BCUT2D eigenvalue weighted by atomic mass is 10.1. The minimum Gasteiger partial charge on any atom is -0.356 e. The lowest BCUT2D eigenvalue weighted by Gasteiger charge is -2.38. The highest BCUT2D eigenvalue weighted by atomic mass is 32.2. The Labute approximate surface area is 181 Å². The van der Waals surface area contributed by atoms with Crippen molar-refractivity contribution in [3.63, 3.8) is 0 Å². The topological polar surface area (TPSA) is 18.5 Å². The van der Waals surface area contributed by atoms with Gasteiger partial charge in [0.1, 0.15) is 6.79 Å². The fourth-order valence-electron chi connectivity index (χ4n) is 3.13. The molecule has 0 radical (unpaired) electrons. The number of thioether (sulfide) groups is 2. The van der Waals surface area contributed by atoms with Gasteiger partial charge in [0.25, 0.3) is 0 Å². The van der Waals surface area contributed by atoms with E-state index in [-0.39, 0.29) is 10.2 Å². The first-order valence-electron chi connectivity index (χ1n) is 10.1. The van der Waals surface area contributed by atoms with Crippen molar-refractivity contribution in [1.29, 1.82) is 0 Å². The van der Waals surface area contributed by atoms with E-state index in [1.54, 1.807) is 0 Å². The van der Waals surface area contributed by atoms with Gasteiger partial charge in [-0.1, -0.05) is 44.3 Å². The van der Waals surface area contributed by atoms with Crippen molar-refractivity contribution < 1.29 is 9.47 Å². The molecule has 1 fully saturated rings. The zero-order valence-corrected chi connectivity index (χ0v) is 20.6. The summed E-state index contributed by atoms with van der Waals surface area (Å²) in [5.41, 5.74) is 0. The zero-order chi connectivity index (χ0) is 19.6. The van der Waals surface area contributed by atoms with Gasteiger partial charge < -0.3 is 9.47 Å². The Kier molecular flexibility index (Phi) is 10.7. The van der Waals surface area contributed by atoms with Gasteiger partial charge in [0, 0.05) is 19.6 Å². The summed E-state index contributed by atoms with van der Waals surface area (Å²) in [5.74, 6) is 2.11. The van der Waals surface area contributed by atoms with E-state index in [1.165, 1.54) is 36.0 Å². The van der Waals surface area contributed by atoms with E-state index < -0.39 is 8.07 Å². The molecule has 1 saturated heterocycles. The highest BCUT2D eigenvalue weighted by Gasteiger charge is 2.36. The number of benzene rings is 1. The SMILES string of the molecule is C[Si](C)(C)CCOCO[C@H](CCS)C[C@@]1(Sc2ccccc2)CCCCS1. The van der Waals surface area contributed by atoms with Crippen LogP contribution in [0, 0.1) is 0 Å². The third-order valence-corrected chi connectivity index (χ3v) is 9.94. The molecule has 1 aliphatic rings. The Morgan fingerprint density at radius 2 is 2.00 bits per heavy atom. The van der Waals surface area contributed by atoms with Crippen LogP contribution in [0.3, 0.4) is 0 Å². The summed E-state index contributed by atoms with van der Waals surface area (Å²) in [6, 6.07) is 12.0. The summed E-state index contributed by atoms with van der Waals surface area (Å²) < 4.78 is 12.2. The molecule has 1 aliphatic heterocycles. The van der Waals surface area contributed by atoms with Gasteiger partial charge in [0.05, 0.1) is 10.2 Å². The average Bonchev–Trinajstić information content (AvgIpc) is 2.62. The average molecular weight is 445 g/mol. The maximum atomic E-state index is 6.18. The van der Waals surface area contributed by atoms with Gasteiger partial charge in [-0.05, 0) is 55.4 Å². The van der Waals surface area contributed by atoms with Crippen molar-refractivity contribution in [1.82, 2.24) is 0 Å². The van der Waals surface area contributed by atoms with Crippen molar-refractivity contribution in [3.05, 3.63) is 30.3 Å². The molecule has 0 aromatic heterocycles. The van der Waals surface area contributed by atoms with Gasteiger partial charge in [0.15, 0.2) is 0 Å². The lowest BCUT2D eigenvalue weighted by molar-refractivity contribution is -0.0895. The van der Waals surface area contributed by atoms with Crippen molar-refractivity contribution in [2.45, 2.75) is 72.9 Å². The van der Waals surface area contributed by atoms with Crippen LogP contribution in [-0.4, -0.2) is 43.2 Å². The van der Waals surface area contributed by atoms with Crippen molar-refractivity contribution >= 4 is 44.2 Å². The van der Waals surface area contributed by atoms with Gasteiger partial charge in [0.2, 0.25) is 0 Å². The summed E-state index contributed by atoms with van der Waals surface area (Å²) in [7, 11) is -1.04. The third-order valence-electron chi connectivity index (χ3n) is 4.74. The van der Waals surface area contributed by atoms with Gasteiger partial charge in [-0.25, -0.2) is 0 Å². The molecule has 2 nitrogen and oxygen atoms in total. The van der Waals surface area contributed by atoms with Gasteiger partial charge in [-0.2, -0.15) is 12.6 Å². The van der Waals surface area contributed by atoms with Crippen LogP contribution in [0.15, 0.2) is 35.2 Å². The molecular weight excluding hydrogens is 409 g/mol. The summed E-state index contributed by atoms with van der Waals surface area (Å²) in [6.07, 6.45) is 6.16. The first-order valence-corrected chi connectivity index (χ1v) is 16.2. The second-order valence-corrected chi connectivity index (χ2v) is 17.7. The van der Waals surface area contributed by atoms with E-state index in [2.05, 4.69) is 74.4 Å². The monoisotopic (exact) mass is 444 g/mol. The van der Waals surface area contributed by atoms with E-state index in [0.717, 1.165) is 25.2 Å². The maximum Gasteiger partial charge on any atom is 0.147 e. The minimum atomic E-state index is -1.04. The summed E-state index contributed by atoms with van der Waals surface area (Å²) in [4.78, 5) is 1.36. The molecule has 1 aromatic carbocycles. The van der Waals surface area contributed by atoms with E-state index in [1.807, 2.05) is 11.8 Å². The Balaban J connectivity index is 1.90. The molecule has 27 heavy (non-hydrogen) atoms. The van der Waals surface area contributed by atoms with E-state index in [0.29, 0.717) is 6.79 Å². The molecule has 0 aliphatic carbocycles. The normalized spacial score (nSPS) is 21.9. The maximum absolute atomic E-state index is 6.18. The van der Waals surface area contributed by atoms with Crippen LogP contribution < -0.4 is 0 Å². The predicted molar refractivity (Wildman–Crippen MR) is 128 cm³/mol. The molecule has 2 atom stereocenters. The number of hydrogen-bond acceptors (Lipinski definition) is 5. The van der Waals surface area contributed by atoms with Crippen LogP contribution in [0.4, 0.5) is 0 Å². The quantitative estimate of drug-likeness (QED) is 0.165. The van der Waals surface area contributed by atoms with Gasteiger partial charge in [-0.3, -0.25) is 0 Å². The summed E-state index contributed by atoms with van der Waals surface area (Å²) >= 11 is 8.64. The minimum absolute atomic E-state index is 0.214. The Morgan fingerprint density at radius 3 is 2.63 bits per heavy atom. The number of rotatable bonds is 12. The van der Waals surface area contributed by atoms with E-state index in [4.69, 9.17) is 9.47 Å². The van der Waals surface area contributed by atoms with Crippen LogP contribution in [0.1, 0.15) is 32.1 Å². The second kappa shape index (κ2) is 12.2. The molecule has 1 aromatic rings. The molecule has 1 heterocycles. The lowest BCUT2D eigenvalue weighted by Crippen LogP contribution is -2.32. The Hall–Kier alpha value is 0.407. The zero-order valence-electron chi connectivity index (χ0n) is 17.1. The van der Waals surface area contributed by atoms with E-state index in [9.17, 15) is 0 Å². The number of ether oxygens (including phenoxy) is 2. The molecule has 6 heteroatoms. The van der Waals surface area contributed by atoms with Crippen LogP contribution in [0.2, 0.25) is 25.7 Å². The molecule has 0 N–H and O–H groups in total. The van der Waals surface area contributed by atoms with Gasteiger partial charge in [-0.15, -0.1) is 23.5 Å². The first-order chi connectivity index (χ1) is 12.9. The van der Waals surface area contributed by atoms with Crippen molar-refractivity contribution in [3.8, 4) is 0 Å². The van der Waals surface area contributed by atoms with Crippen LogP contribution in [0.5, 0.6) is 0 Å². The molecule has 154 valence electrons. The highest BCUT2D eigenvalue weighted by molar-refractivity contribution is 8.18. The predicted octanol–water partition coefficient (Wildman–Crippen LogP) is 6.80. The summed E-state index contributed by atoms with van der Waals surface area (Å²) in [6.45, 7) is 8.38. The Morgan fingerprint density at radius 1 is 1.22 bits per heavy atom. The molecule has 0 amide bonds. The highest BCUT2D eigenvalue weighted by Crippen LogP contribution is 2.51. The standard InChI is InChI=1S/C21H36O2S3Si/c1-27(2,3)16-13-22-18-23-19(11-14-24)17-21(12-7-8-15-25-21)26-20-9-5-4-6-10-20/h4-6,9-10,19,24H,7-8,11-18H2,1-3H3/t19-,21+/m1/s1. The molecule has 0 unspecified atom stereocenters. The van der Waals surface area contributed by atoms with Crippen molar-refractivity contribution in [2.75, 3.05) is 24.9 Å². The van der Waals surface area contributed by atoms with Crippen LogP contribution >= 0.6 is 36.2 Å². The second-order valence-electron chi connectivity index (χ2n) is 8.47. The van der Waals surface area contributed by atoms with Crippen molar-refractivity contribution in [2.24, 2.45) is 0 Å². The number of thiol groups is 1. The molecule has 0 bridgehead atoms. The van der Waals surface area contributed by atoms with Crippen LogP contribution in [-0.2, 0) is 9.47 Å². The van der Waals surface area contributed by atoms with E-state index >= 15 is 0 Å². The Bertz CT molecular complexity index is 516.